The Labute approximate surface area is 118 Å². The van der Waals surface area contributed by atoms with Crippen molar-refractivity contribution in [3.8, 4) is 0 Å². The zero-order chi connectivity index (χ0) is 13.7. The molecule has 2 rings (SSSR count). The molecule has 2 aromatic rings. The number of rotatable bonds is 5. The molecule has 0 aliphatic carbocycles. The molecule has 0 saturated carbocycles. The van der Waals surface area contributed by atoms with Gasteiger partial charge in [-0.15, -0.1) is 0 Å². The second kappa shape index (κ2) is 6.39. The van der Waals surface area contributed by atoms with Crippen molar-refractivity contribution >= 4 is 23.1 Å². The van der Waals surface area contributed by atoms with E-state index >= 15 is 0 Å². The van der Waals surface area contributed by atoms with Gasteiger partial charge in [-0.2, -0.15) is 0 Å². The van der Waals surface area contributed by atoms with Crippen molar-refractivity contribution in [3.63, 3.8) is 0 Å². The van der Waals surface area contributed by atoms with Crippen molar-refractivity contribution in [3.05, 3.63) is 64.7 Å². The van der Waals surface area contributed by atoms with Crippen LogP contribution >= 0.6 is 11.6 Å². The van der Waals surface area contributed by atoms with E-state index in [0.717, 1.165) is 11.3 Å². The Morgan fingerprint density at radius 1 is 1.16 bits per heavy atom. The predicted octanol–water partition coefficient (Wildman–Crippen LogP) is 4.54. The fourth-order valence-corrected chi connectivity index (χ4v) is 2.06. The lowest BCUT2D eigenvalue weighted by Crippen LogP contribution is -2.06. The van der Waals surface area contributed by atoms with Gasteiger partial charge in [0.2, 0.25) is 0 Å². The maximum absolute atomic E-state index is 11.9. The van der Waals surface area contributed by atoms with Crippen molar-refractivity contribution in [1.29, 1.82) is 0 Å². The summed E-state index contributed by atoms with van der Waals surface area (Å²) >= 11 is 6.00. The molecule has 19 heavy (non-hydrogen) atoms. The average molecular weight is 274 g/mol. The summed E-state index contributed by atoms with van der Waals surface area (Å²) in [6.07, 6.45) is 0.488. The van der Waals surface area contributed by atoms with Crippen LogP contribution in [0.25, 0.3) is 0 Å². The maximum Gasteiger partial charge on any atom is 0.164 e. The monoisotopic (exact) mass is 273 g/mol. The van der Waals surface area contributed by atoms with Crippen LogP contribution in [0.15, 0.2) is 48.5 Å². The number of nitrogens with one attached hydrogen (secondary N) is 1. The van der Waals surface area contributed by atoms with Gasteiger partial charge in [0.25, 0.3) is 0 Å². The molecule has 0 aromatic heterocycles. The molecule has 0 saturated heterocycles. The molecule has 0 aliphatic heterocycles. The van der Waals surface area contributed by atoms with Crippen LogP contribution in [-0.4, -0.2) is 5.78 Å². The van der Waals surface area contributed by atoms with E-state index in [4.69, 9.17) is 11.6 Å². The highest BCUT2D eigenvalue weighted by molar-refractivity contribution is 6.31. The first-order chi connectivity index (χ1) is 9.20. The highest BCUT2D eigenvalue weighted by Gasteiger charge is 2.09. The number of carbonyl (C=O) groups is 1. The van der Waals surface area contributed by atoms with Crippen LogP contribution in [0, 0.1) is 0 Å². The summed E-state index contributed by atoms with van der Waals surface area (Å²) in [7, 11) is 0. The lowest BCUT2D eigenvalue weighted by molar-refractivity contribution is 0.0989. The molecule has 0 heterocycles. The summed E-state index contributed by atoms with van der Waals surface area (Å²) in [6.45, 7) is 2.53. The number of hydrogen-bond donors (Lipinski definition) is 1. The third kappa shape index (κ3) is 3.58. The molecule has 0 fully saturated rings. The minimum atomic E-state index is 0.118. The molecule has 1 N–H and O–H groups in total. The van der Waals surface area contributed by atoms with E-state index in [1.54, 1.807) is 18.2 Å². The zero-order valence-corrected chi connectivity index (χ0v) is 11.6. The molecule has 0 bridgehead atoms. The van der Waals surface area contributed by atoms with Crippen molar-refractivity contribution in [2.45, 2.75) is 19.9 Å². The molecular weight excluding hydrogens is 258 g/mol. The molecule has 0 aliphatic rings. The number of halogens is 1. The Hall–Kier alpha value is -1.80. The Kier molecular flexibility index (Phi) is 4.58. The minimum Gasteiger partial charge on any atom is -0.380 e. The SMILES string of the molecule is CCC(=O)c1ccc(Cl)cc1NCc1ccccc1. The molecule has 0 unspecified atom stereocenters. The van der Waals surface area contributed by atoms with Gasteiger partial charge in [0.1, 0.15) is 0 Å². The average Bonchev–Trinajstić information content (AvgIpc) is 2.45. The van der Waals surface area contributed by atoms with Gasteiger partial charge in [-0.25, -0.2) is 0 Å². The van der Waals surface area contributed by atoms with Gasteiger partial charge in [0.15, 0.2) is 5.78 Å². The molecule has 0 atom stereocenters. The molecule has 0 amide bonds. The molecule has 2 nitrogen and oxygen atoms in total. The van der Waals surface area contributed by atoms with Gasteiger partial charge in [-0.1, -0.05) is 48.9 Å². The second-order valence-corrected chi connectivity index (χ2v) is 4.74. The number of hydrogen-bond acceptors (Lipinski definition) is 2. The van der Waals surface area contributed by atoms with Crippen LogP contribution in [0.5, 0.6) is 0 Å². The van der Waals surface area contributed by atoms with Gasteiger partial charge in [0.05, 0.1) is 0 Å². The summed E-state index contributed by atoms with van der Waals surface area (Å²) < 4.78 is 0. The first-order valence-electron chi connectivity index (χ1n) is 6.31. The lowest BCUT2D eigenvalue weighted by Gasteiger charge is -2.11. The molecule has 98 valence electrons. The van der Waals surface area contributed by atoms with Crippen LogP contribution in [0.4, 0.5) is 5.69 Å². The minimum absolute atomic E-state index is 0.118. The van der Waals surface area contributed by atoms with Gasteiger partial charge >= 0.3 is 0 Å². The summed E-state index contributed by atoms with van der Waals surface area (Å²) in [5.41, 5.74) is 2.66. The largest absolute Gasteiger partial charge is 0.380 e. The van der Waals surface area contributed by atoms with Crippen LogP contribution in [0.1, 0.15) is 29.3 Å². The van der Waals surface area contributed by atoms with Crippen LogP contribution in [0.3, 0.4) is 0 Å². The van der Waals surface area contributed by atoms with E-state index in [2.05, 4.69) is 5.32 Å². The van der Waals surface area contributed by atoms with E-state index in [1.165, 1.54) is 0 Å². The van der Waals surface area contributed by atoms with E-state index < -0.39 is 0 Å². The summed E-state index contributed by atoms with van der Waals surface area (Å²) in [5.74, 6) is 0.118. The molecule has 0 spiro atoms. The smallest absolute Gasteiger partial charge is 0.164 e. The van der Waals surface area contributed by atoms with Crippen LogP contribution < -0.4 is 5.32 Å². The Morgan fingerprint density at radius 3 is 2.58 bits per heavy atom. The highest BCUT2D eigenvalue weighted by Crippen LogP contribution is 2.23. The van der Waals surface area contributed by atoms with Crippen molar-refractivity contribution < 1.29 is 4.79 Å². The van der Waals surface area contributed by atoms with E-state index in [9.17, 15) is 4.79 Å². The fourth-order valence-electron chi connectivity index (χ4n) is 1.89. The van der Waals surface area contributed by atoms with Gasteiger partial charge in [-0.05, 0) is 23.8 Å². The molecular formula is C16H16ClNO. The Bertz CT molecular complexity index is 566. The van der Waals surface area contributed by atoms with Crippen LogP contribution in [-0.2, 0) is 6.54 Å². The van der Waals surface area contributed by atoms with E-state index in [1.807, 2.05) is 37.3 Å². The zero-order valence-electron chi connectivity index (χ0n) is 10.8. The first-order valence-corrected chi connectivity index (χ1v) is 6.69. The highest BCUT2D eigenvalue weighted by atomic mass is 35.5. The number of anilines is 1. The summed E-state index contributed by atoms with van der Waals surface area (Å²) in [4.78, 5) is 11.9. The number of carbonyl (C=O) groups excluding carboxylic acids is 1. The number of Topliss-reactive ketones (excluding diaryl/α,β-unsaturated/α-hetero) is 1. The molecule has 3 heteroatoms. The Balaban J connectivity index is 2.19. The predicted molar refractivity (Wildman–Crippen MR) is 79.8 cm³/mol. The third-order valence-corrected chi connectivity index (χ3v) is 3.16. The quantitative estimate of drug-likeness (QED) is 0.810. The normalized spacial score (nSPS) is 10.2. The second-order valence-electron chi connectivity index (χ2n) is 4.31. The van der Waals surface area contributed by atoms with Gasteiger partial charge in [0, 0.05) is 29.2 Å². The molecule has 0 radical (unpaired) electrons. The third-order valence-electron chi connectivity index (χ3n) is 2.93. The molecule has 2 aromatic carbocycles. The Morgan fingerprint density at radius 2 is 1.89 bits per heavy atom. The van der Waals surface area contributed by atoms with E-state index in [0.29, 0.717) is 23.6 Å². The van der Waals surface area contributed by atoms with Gasteiger partial charge < -0.3 is 5.32 Å². The fraction of sp³-hybridized carbons (Fsp3) is 0.188. The van der Waals surface area contributed by atoms with Crippen molar-refractivity contribution in [2.75, 3.05) is 5.32 Å². The van der Waals surface area contributed by atoms with Gasteiger partial charge in [-0.3, -0.25) is 4.79 Å². The number of ketones is 1. The standard InChI is InChI=1S/C16H16ClNO/c1-2-16(19)14-9-8-13(17)10-15(14)18-11-12-6-4-3-5-7-12/h3-10,18H,2,11H2,1H3. The van der Waals surface area contributed by atoms with Crippen molar-refractivity contribution in [1.82, 2.24) is 0 Å². The number of benzene rings is 2. The lowest BCUT2D eigenvalue weighted by atomic mass is 10.1. The summed E-state index contributed by atoms with van der Waals surface area (Å²) in [6, 6.07) is 15.4. The van der Waals surface area contributed by atoms with Crippen molar-refractivity contribution in [2.24, 2.45) is 0 Å². The van der Waals surface area contributed by atoms with E-state index in [-0.39, 0.29) is 5.78 Å². The first kappa shape index (κ1) is 13.6. The summed E-state index contributed by atoms with van der Waals surface area (Å²) in [5, 5.41) is 3.91. The maximum atomic E-state index is 11.9. The van der Waals surface area contributed by atoms with Crippen LogP contribution in [0.2, 0.25) is 5.02 Å². The topological polar surface area (TPSA) is 29.1 Å².